The van der Waals surface area contributed by atoms with E-state index in [9.17, 15) is 56.0 Å². The maximum absolute atomic E-state index is 14.7. The van der Waals surface area contributed by atoms with E-state index in [4.69, 9.17) is 9.47 Å². The molecule has 20 heteroatoms. The molecule has 0 aromatic heterocycles. The smallest absolute Gasteiger partial charge is 0.416 e. The van der Waals surface area contributed by atoms with Crippen LogP contribution in [0, 0.1) is 22.7 Å². The van der Waals surface area contributed by atoms with E-state index in [0.29, 0.717) is 54.9 Å². The Morgan fingerprint density at radius 2 is 0.959 bits per heavy atom. The Bertz CT molecular complexity index is 2730. The number of amides is 4. The second kappa shape index (κ2) is 22.0. The highest BCUT2D eigenvalue weighted by molar-refractivity contribution is 6.04. The molecule has 3 aliphatic rings. The number of allylic oxidation sites excluding steroid dienone is 2. The van der Waals surface area contributed by atoms with Gasteiger partial charge in [0.1, 0.15) is 0 Å². The predicted molar refractivity (Wildman–Crippen MR) is 255 cm³/mol. The molecule has 3 aliphatic heterocycles. The SMILES string of the molecule is CCOC(=O)C1=C(C)N(c2cccc(C(F)(F)F)c2)C(=O)N(CCCN2C=CN(CCCN3C(=O)N(c4cccc(C(F)(F)F)c4)C(C)=C(C(=O)OCC)[C@H]3c3ccc(C#N)cc3)C2)[C@@H]1c1ccc(C#N)cc1. The summed E-state index contributed by atoms with van der Waals surface area (Å²) in [6, 6.07) is 21.7. The van der Waals surface area contributed by atoms with Crippen molar-refractivity contribution in [3.8, 4) is 12.1 Å². The quantitative estimate of drug-likeness (QED) is 0.0783. The van der Waals surface area contributed by atoms with Crippen LogP contribution in [0.3, 0.4) is 0 Å². The topological polar surface area (TPSA) is 154 Å². The zero-order valence-electron chi connectivity index (χ0n) is 40.2. The van der Waals surface area contributed by atoms with Gasteiger partial charge >= 0.3 is 36.4 Å². The standard InChI is InChI=1S/C53H50F6N8O6/c1-5-72-48(68)44-34(3)66(42-13-7-11-40(29-42)52(54,55)56)50(70)64(46(44)38-19-15-36(31-60)16-20-38)25-9-23-62-27-28-63(33-62)24-10-26-65-47(39-21-17-37(32-61)18-22-39)45(49(69)73-6-2)35(4)67(51(65)71)43-14-8-12-41(30-43)53(57,58)59/h7-8,11-22,27-30,46-47H,5-6,9-10,23-26,33H2,1-4H3/t46-,47-/m1/s1. The van der Waals surface area contributed by atoms with Gasteiger partial charge in [0.15, 0.2) is 0 Å². The summed E-state index contributed by atoms with van der Waals surface area (Å²) in [7, 11) is 0. The lowest BCUT2D eigenvalue weighted by atomic mass is 9.92. The number of nitrogens with zero attached hydrogens (tertiary/aromatic N) is 8. The van der Waals surface area contributed by atoms with Crippen LogP contribution in [0.25, 0.3) is 0 Å². The summed E-state index contributed by atoms with van der Waals surface area (Å²) in [5.74, 6) is -1.55. The highest BCUT2D eigenvalue weighted by Crippen LogP contribution is 2.44. The number of hydrogen-bond donors (Lipinski definition) is 0. The van der Waals surface area contributed by atoms with Crippen molar-refractivity contribution >= 4 is 35.4 Å². The minimum absolute atomic E-state index is 0.0193. The van der Waals surface area contributed by atoms with Gasteiger partial charge in [-0.1, -0.05) is 36.4 Å². The van der Waals surface area contributed by atoms with Gasteiger partial charge in [-0.2, -0.15) is 36.9 Å². The van der Waals surface area contributed by atoms with Crippen LogP contribution in [0.4, 0.5) is 47.3 Å². The van der Waals surface area contributed by atoms with E-state index in [0.717, 1.165) is 34.1 Å². The van der Waals surface area contributed by atoms with Gasteiger partial charge in [-0.15, -0.1) is 0 Å². The van der Waals surface area contributed by atoms with Crippen LogP contribution in [0.5, 0.6) is 0 Å². The summed E-state index contributed by atoms with van der Waals surface area (Å²) in [5.41, 5.74) is -0.401. The third-order valence-corrected chi connectivity index (χ3v) is 12.6. The van der Waals surface area contributed by atoms with Gasteiger partial charge in [-0.3, -0.25) is 9.80 Å². The normalized spacial score (nSPS) is 17.4. The number of carbonyl (C=O) groups excluding carboxylic acids is 4. The Balaban J connectivity index is 1.11. The van der Waals surface area contributed by atoms with E-state index in [2.05, 4.69) is 0 Å². The van der Waals surface area contributed by atoms with Crippen molar-refractivity contribution in [2.45, 2.75) is 65.0 Å². The summed E-state index contributed by atoms with van der Waals surface area (Å²) >= 11 is 0. The zero-order valence-corrected chi connectivity index (χ0v) is 40.2. The van der Waals surface area contributed by atoms with Gasteiger partial charge in [-0.25, -0.2) is 19.2 Å². The molecule has 4 aromatic carbocycles. The van der Waals surface area contributed by atoms with Crippen molar-refractivity contribution in [2.24, 2.45) is 0 Å². The lowest BCUT2D eigenvalue weighted by Gasteiger charge is -2.43. The highest BCUT2D eigenvalue weighted by Gasteiger charge is 2.45. The summed E-state index contributed by atoms with van der Waals surface area (Å²) in [6.07, 6.45) is -5.18. The number of rotatable bonds is 16. The lowest BCUT2D eigenvalue weighted by molar-refractivity contribution is -0.140. The molecule has 0 radical (unpaired) electrons. The molecule has 0 bridgehead atoms. The van der Waals surface area contributed by atoms with Crippen LogP contribution in [-0.2, 0) is 31.4 Å². The van der Waals surface area contributed by atoms with E-state index in [1.54, 1.807) is 38.1 Å². The third kappa shape index (κ3) is 11.3. The largest absolute Gasteiger partial charge is 0.463 e. The van der Waals surface area contributed by atoms with Crippen molar-refractivity contribution < 1.29 is 55.0 Å². The molecule has 14 nitrogen and oxygen atoms in total. The van der Waals surface area contributed by atoms with E-state index in [1.165, 1.54) is 72.2 Å². The molecular weight excluding hydrogens is 959 g/mol. The Kier molecular flexibility index (Phi) is 15.9. The van der Waals surface area contributed by atoms with E-state index in [-0.39, 0.29) is 60.2 Å². The number of alkyl halides is 6. The maximum atomic E-state index is 14.7. The van der Waals surface area contributed by atoms with Crippen molar-refractivity contribution in [3.05, 3.63) is 165 Å². The van der Waals surface area contributed by atoms with Crippen molar-refractivity contribution in [3.63, 3.8) is 0 Å². The number of nitriles is 2. The maximum Gasteiger partial charge on any atom is 0.416 e. The first-order chi connectivity index (χ1) is 34.8. The van der Waals surface area contributed by atoms with Crippen molar-refractivity contribution in [1.82, 2.24) is 19.6 Å². The minimum Gasteiger partial charge on any atom is -0.463 e. The predicted octanol–water partition coefficient (Wildman–Crippen LogP) is 10.6. The first kappa shape index (κ1) is 52.6. The second-order valence-electron chi connectivity index (χ2n) is 17.2. The number of ether oxygens (including phenoxy) is 2. The lowest BCUT2D eigenvalue weighted by Crippen LogP contribution is -2.51. The van der Waals surface area contributed by atoms with Crippen LogP contribution < -0.4 is 9.80 Å². The van der Waals surface area contributed by atoms with Crippen molar-refractivity contribution in [1.29, 1.82) is 10.5 Å². The van der Waals surface area contributed by atoms with Gasteiger partial charge in [0.05, 0.1) is 88.9 Å². The summed E-state index contributed by atoms with van der Waals surface area (Å²) in [4.78, 5) is 65.8. The number of anilines is 2. The molecule has 0 fully saturated rings. The number of carbonyl (C=O) groups is 4. The molecule has 0 N–H and O–H groups in total. The third-order valence-electron chi connectivity index (χ3n) is 12.6. The molecule has 2 atom stereocenters. The van der Waals surface area contributed by atoms with Gasteiger partial charge in [-0.05, 0) is 112 Å². The molecule has 0 spiro atoms. The second-order valence-corrected chi connectivity index (χ2v) is 17.2. The molecule has 4 aromatic rings. The van der Waals surface area contributed by atoms with Crippen LogP contribution in [0.15, 0.2) is 132 Å². The summed E-state index contributed by atoms with van der Waals surface area (Å²) in [6.45, 7) is 7.22. The zero-order chi connectivity index (χ0) is 52.8. The fraction of sp³-hybridized carbons (Fsp3) is 0.321. The Morgan fingerprint density at radius 3 is 1.29 bits per heavy atom. The summed E-state index contributed by atoms with van der Waals surface area (Å²) in [5, 5.41) is 19.0. The minimum atomic E-state index is -4.72. The molecule has 3 heterocycles. The Labute approximate surface area is 417 Å². The number of benzene rings is 4. The van der Waals surface area contributed by atoms with Gasteiger partial charge < -0.3 is 29.1 Å². The number of esters is 2. The molecule has 0 aliphatic carbocycles. The molecule has 4 amide bonds. The monoisotopic (exact) mass is 1010 g/mol. The van der Waals surface area contributed by atoms with E-state index in [1.807, 2.05) is 34.3 Å². The molecule has 0 saturated heterocycles. The van der Waals surface area contributed by atoms with Gasteiger partial charge in [0.25, 0.3) is 0 Å². The molecular formula is C53H50F6N8O6. The molecule has 73 heavy (non-hydrogen) atoms. The summed E-state index contributed by atoms with van der Waals surface area (Å²) < 4.78 is 94.6. The first-order valence-electron chi connectivity index (χ1n) is 23.3. The first-order valence-corrected chi connectivity index (χ1v) is 23.3. The number of halogens is 6. The highest BCUT2D eigenvalue weighted by atomic mass is 19.4. The molecule has 0 unspecified atom stereocenters. The average molecular weight is 1010 g/mol. The van der Waals surface area contributed by atoms with Crippen LogP contribution >= 0.6 is 0 Å². The molecule has 0 saturated carbocycles. The van der Waals surface area contributed by atoms with Crippen molar-refractivity contribution in [2.75, 3.05) is 55.9 Å². The van der Waals surface area contributed by atoms with E-state index >= 15 is 0 Å². The van der Waals surface area contributed by atoms with Crippen LogP contribution in [0.2, 0.25) is 0 Å². The van der Waals surface area contributed by atoms with Crippen LogP contribution in [0.1, 0.15) is 86.0 Å². The van der Waals surface area contributed by atoms with Crippen LogP contribution in [-0.4, -0.2) is 89.7 Å². The average Bonchev–Trinajstić information content (AvgIpc) is 3.82. The number of urea groups is 2. The Hall–Kier alpha value is -8.26. The molecule has 7 rings (SSSR count). The van der Waals surface area contributed by atoms with Gasteiger partial charge in [0, 0.05) is 50.0 Å². The molecule has 380 valence electrons. The fourth-order valence-electron chi connectivity index (χ4n) is 9.22. The number of hydrogen-bond acceptors (Lipinski definition) is 10. The Morgan fingerprint density at radius 1 is 0.589 bits per heavy atom. The fourth-order valence-corrected chi connectivity index (χ4v) is 9.22. The van der Waals surface area contributed by atoms with E-state index < -0.39 is 59.6 Å². The van der Waals surface area contributed by atoms with Gasteiger partial charge in [0.2, 0.25) is 0 Å².